The van der Waals surface area contributed by atoms with E-state index in [2.05, 4.69) is 15.4 Å². The number of benzene rings is 1. The van der Waals surface area contributed by atoms with Gasteiger partial charge in [-0.3, -0.25) is 4.79 Å². The highest BCUT2D eigenvalue weighted by Crippen LogP contribution is 2.20. The van der Waals surface area contributed by atoms with Crippen LogP contribution in [0.4, 0.5) is 8.78 Å². The van der Waals surface area contributed by atoms with E-state index >= 15 is 0 Å². The Hall–Kier alpha value is -1.40. The summed E-state index contributed by atoms with van der Waals surface area (Å²) in [4.78, 5) is 11.9. The molecule has 0 radical (unpaired) electrons. The molecule has 1 aromatic carbocycles. The first kappa shape index (κ1) is 17.7. The van der Waals surface area contributed by atoms with Crippen molar-refractivity contribution >= 4 is 18.3 Å². The molecule has 0 bridgehead atoms. The van der Waals surface area contributed by atoms with E-state index in [0.29, 0.717) is 5.56 Å². The maximum absolute atomic E-state index is 12.3. The van der Waals surface area contributed by atoms with Crippen LogP contribution in [0.25, 0.3) is 0 Å². The number of rotatable bonds is 5. The summed E-state index contributed by atoms with van der Waals surface area (Å²) >= 11 is 0. The molecule has 0 spiro atoms. The van der Waals surface area contributed by atoms with Gasteiger partial charge in [-0.2, -0.15) is 8.78 Å². The number of halogens is 3. The van der Waals surface area contributed by atoms with Crippen molar-refractivity contribution in [1.82, 2.24) is 10.6 Å². The summed E-state index contributed by atoms with van der Waals surface area (Å²) in [7, 11) is 0. The standard InChI is InChI=1S/C14H18F2N2O2.ClH/c15-14(16)20-12-6-2-1-4-10(12)8-13(19)18-11-5-3-7-17-9-11;/h1-2,4,6,11,14,17H,3,5,7-9H2,(H,18,19);1H. The number of nitrogens with one attached hydrogen (secondary N) is 2. The lowest BCUT2D eigenvalue weighted by molar-refractivity contribution is -0.121. The van der Waals surface area contributed by atoms with Crippen LogP contribution in [0.1, 0.15) is 18.4 Å². The van der Waals surface area contributed by atoms with Crippen molar-refractivity contribution in [3.8, 4) is 5.75 Å². The normalized spacial score (nSPS) is 18.0. The molecule has 1 fully saturated rings. The van der Waals surface area contributed by atoms with E-state index in [1.54, 1.807) is 18.2 Å². The molecule has 21 heavy (non-hydrogen) atoms. The van der Waals surface area contributed by atoms with E-state index in [0.717, 1.165) is 25.9 Å². The molecule has 0 aliphatic carbocycles. The molecule has 118 valence electrons. The average molecular weight is 321 g/mol. The van der Waals surface area contributed by atoms with Crippen LogP contribution >= 0.6 is 12.4 Å². The molecular formula is C14H19ClF2N2O2. The first-order valence-electron chi connectivity index (χ1n) is 6.68. The van der Waals surface area contributed by atoms with Crippen molar-refractivity contribution in [3.05, 3.63) is 29.8 Å². The van der Waals surface area contributed by atoms with Gasteiger partial charge in [0.25, 0.3) is 0 Å². The van der Waals surface area contributed by atoms with Gasteiger partial charge < -0.3 is 15.4 Å². The molecule has 0 aromatic heterocycles. The molecule has 7 heteroatoms. The molecule has 2 N–H and O–H groups in total. The van der Waals surface area contributed by atoms with Crippen LogP contribution in [0, 0.1) is 0 Å². The second kappa shape index (κ2) is 8.79. The van der Waals surface area contributed by atoms with Crippen LogP contribution < -0.4 is 15.4 Å². The van der Waals surface area contributed by atoms with Gasteiger partial charge in [0.2, 0.25) is 5.91 Å². The fraction of sp³-hybridized carbons (Fsp3) is 0.500. The molecule has 1 saturated heterocycles. The van der Waals surface area contributed by atoms with Crippen LogP contribution in [0.15, 0.2) is 24.3 Å². The van der Waals surface area contributed by atoms with Crippen LogP contribution in [0.2, 0.25) is 0 Å². The average Bonchev–Trinajstić information content (AvgIpc) is 2.41. The molecule has 1 aliphatic heterocycles. The molecule has 0 saturated carbocycles. The van der Waals surface area contributed by atoms with Crippen molar-refractivity contribution in [2.75, 3.05) is 13.1 Å². The van der Waals surface area contributed by atoms with Gasteiger partial charge in [-0.1, -0.05) is 18.2 Å². The second-order valence-corrected chi connectivity index (χ2v) is 4.77. The van der Waals surface area contributed by atoms with E-state index in [-0.39, 0.29) is 36.5 Å². The number of ether oxygens (including phenoxy) is 1. The van der Waals surface area contributed by atoms with Gasteiger partial charge in [0.05, 0.1) is 6.42 Å². The summed E-state index contributed by atoms with van der Waals surface area (Å²) in [5.41, 5.74) is 0.467. The molecule has 1 amide bonds. The molecule has 1 unspecified atom stereocenters. The van der Waals surface area contributed by atoms with Crippen LogP contribution in [-0.2, 0) is 11.2 Å². The third-order valence-electron chi connectivity index (χ3n) is 3.20. The predicted molar refractivity (Wildman–Crippen MR) is 78.1 cm³/mol. The Morgan fingerprint density at radius 1 is 1.43 bits per heavy atom. The van der Waals surface area contributed by atoms with Crippen LogP contribution in [0.3, 0.4) is 0 Å². The van der Waals surface area contributed by atoms with Crippen LogP contribution in [-0.4, -0.2) is 31.7 Å². The maximum atomic E-state index is 12.3. The van der Waals surface area contributed by atoms with Gasteiger partial charge in [0.1, 0.15) is 5.75 Å². The number of piperidine rings is 1. The summed E-state index contributed by atoms with van der Waals surface area (Å²) in [6, 6.07) is 6.47. The first-order valence-corrected chi connectivity index (χ1v) is 6.68. The zero-order valence-corrected chi connectivity index (χ0v) is 12.3. The monoisotopic (exact) mass is 320 g/mol. The summed E-state index contributed by atoms with van der Waals surface area (Å²) in [5.74, 6) is -0.122. The lowest BCUT2D eigenvalue weighted by Crippen LogP contribution is -2.46. The highest BCUT2D eigenvalue weighted by molar-refractivity contribution is 5.85. The Balaban J connectivity index is 0.00000220. The Labute approximate surface area is 128 Å². The van der Waals surface area contributed by atoms with Gasteiger partial charge >= 0.3 is 6.61 Å². The highest BCUT2D eigenvalue weighted by atomic mass is 35.5. The SMILES string of the molecule is Cl.O=C(Cc1ccccc1OC(F)F)NC1CCCNC1. The predicted octanol–water partition coefficient (Wildman–Crippen LogP) is 2.12. The molecule has 1 heterocycles. The molecule has 1 aliphatic rings. The van der Waals surface area contributed by atoms with Gasteiger partial charge in [0.15, 0.2) is 0 Å². The topological polar surface area (TPSA) is 50.4 Å². The lowest BCUT2D eigenvalue weighted by Gasteiger charge is -2.24. The minimum Gasteiger partial charge on any atom is -0.435 e. The summed E-state index contributed by atoms with van der Waals surface area (Å²) in [6.07, 6.45) is 2.00. The van der Waals surface area contributed by atoms with Crippen molar-refractivity contribution < 1.29 is 18.3 Å². The highest BCUT2D eigenvalue weighted by Gasteiger charge is 2.17. The Morgan fingerprint density at radius 3 is 2.86 bits per heavy atom. The second-order valence-electron chi connectivity index (χ2n) is 4.77. The van der Waals surface area contributed by atoms with Gasteiger partial charge in [-0.25, -0.2) is 0 Å². The Bertz CT molecular complexity index is 454. The van der Waals surface area contributed by atoms with E-state index in [4.69, 9.17) is 0 Å². The summed E-state index contributed by atoms with van der Waals surface area (Å²) < 4.78 is 29.0. The third kappa shape index (κ3) is 5.85. The minimum atomic E-state index is -2.89. The fourth-order valence-electron chi connectivity index (χ4n) is 2.29. The molecule has 2 rings (SSSR count). The van der Waals surface area contributed by atoms with Crippen molar-refractivity contribution in [1.29, 1.82) is 0 Å². The van der Waals surface area contributed by atoms with E-state index in [1.165, 1.54) is 6.07 Å². The molecule has 4 nitrogen and oxygen atoms in total. The maximum Gasteiger partial charge on any atom is 0.387 e. The number of hydrogen-bond acceptors (Lipinski definition) is 3. The first-order chi connectivity index (χ1) is 9.65. The number of hydrogen-bond donors (Lipinski definition) is 2. The number of carbonyl (C=O) groups excluding carboxylic acids is 1. The van der Waals surface area contributed by atoms with Gasteiger partial charge in [0, 0.05) is 18.2 Å². The Kier molecular flexibility index (Phi) is 7.39. The number of alkyl halides is 2. The van der Waals surface area contributed by atoms with E-state index in [9.17, 15) is 13.6 Å². The van der Waals surface area contributed by atoms with Crippen molar-refractivity contribution in [3.63, 3.8) is 0 Å². The van der Waals surface area contributed by atoms with Crippen LogP contribution in [0.5, 0.6) is 5.75 Å². The molecular weight excluding hydrogens is 302 g/mol. The third-order valence-corrected chi connectivity index (χ3v) is 3.20. The largest absolute Gasteiger partial charge is 0.435 e. The number of amides is 1. The lowest BCUT2D eigenvalue weighted by atomic mass is 10.1. The van der Waals surface area contributed by atoms with Crippen molar-refractivity contribution in [2.24, 2.45) is 0 Å². The van der Waals surface area contributed by atoms with E-state index in [1.807, 2.05) is 0 Å². The van der Waals surface area contributed by atoms with Crippen molar-refractivity contribution in [2.45, 2.75) is 31.9 Å². The number of carbonyl (C=O) groups is 1. The molecule has 1 atom stereocenters. The van der Waals surface area contributed by atoms with Gasteiger partial charge in [-0.15, -0.1) is 12.4 Å². The summed E-state index contributed by atoms with van der Waals surface area (Å²) in [6.45, 7) is -1.17. The smallest absolute Gasteiger partial charge is 0.387 e. The fourth-order valence-corrected chi connectivity index (χ4v) is 2.29. The van der Waals surface area contributed by atoms with E-state index < -0.39 is 6.61 Å². The zero-order valence-electron chi connectivity index (χ0n) is 11.5. The Morgan fingerprint density at radius 2 is 2.19 bits per heavy atom. The zero-order chi connectivity index (χ0) is 14.4. The molecule has 1 aromatic rings. The number of para-hydroxylation sites is 1. The summed E-state index contributed by atoms with van der Waals surface area (Å²) in [5, 5.41) is 6.11. The van der Waals surface area contributed by atoms with Gasteiger partial charge in [-0.05, 0) is 25.5 Å². The quantitative estimate of drug-likeness (QED) is 0.874. The minimum absolute atomic E-state index is 0.